The molecule has 0 radical (unpaired) electrons. The topological polar surface area (TPSA) is 72.0 Å². The molecule has 1 aliphatic heterocycles. The van der Waals surface area contributed by atoms with E-state index in [1.54, 1.807) is 18.3 Å². The number of hydrogen-bond acceptors (Lipinski definition) is 4. The molecule has 2 aromatic carbocycles. The first-order chi connectivity index (χ1) is 10.7. The second-order valence-corrected chi connectivity index (χ2v) is 4.75. The fraction of sp³-hybridized carbons (Fsp3) is 0.125. The zero-order valence-corrected chi connectivity index (χ0v) is 12.0. The lowest BCUT2D eigenvalue weighted by molar-refractivity contribution is 0.174. The van der Waals surface area contributed by atoms with Gasteiger partial charge in [0.05, 0.1) is 6.21 Å². The lowest BCUT2D eigenvalue weighted by Crippen LogP contribution is -2.24. The number of para-hydroxylation sites is 1. The van der Waals surface area contributed by atoms with Crippen LogP contribution < -0.4 is 20.2 Å². The van der Waals surface area contributed by atoms with Crippen LogP contribution in [0.3, 0.4) is 0 Å². The highest BCUT2D eigenvalue weighted by molar-refractivity contribution is 5.91. The van der Waals surface area contributed by atoms with Gasteiger partial charge in [-0.15, -0.1) is 0 Å². The first kappa shape index (κ1) is 13.9. The lowest BCUT2D eigenvalue weighted by Gasteiger charge is -2.06. The highest BCUT2D eigenvalue weighted by Gasteiger charge is 2.12. The summed E-state index contributed by atoms with van der Waals surface area (Å²) in [6, 6.07) is 12.6. The smallest absolute Gasteiger partial charge is 0.339 e. The number of ether oxygens (including phenoxy) is 2. The van der Waals surface area contributed by atoms with Crippen LogP contribution in [0.25, 0.3) is 0 Å². The number of rotatable bonds is 3. The molecular formula is C16H15N3O3. The van der Waals surface area contributed by atoms with Crippen LogP contribution in [0, 0.1) is 6.92 Å². The fourth-order valence-corrected chi connectivity index (χ4v) is 2.02. The summed E-state index contributed by atoms with van der Waals surface area (Å²) >= 11 is 0. The van der Waals surface area contributed by atoms with Crippen molar-refractivity contribution in [2.24, 2.45) is 5.10 Å². The minimum absolute atomic E-state index is 0.229. The van der Waals surface area contributed by atoms with Crippen LogP contribution in [0.4, 0.5) is 10.5 Å². The molecule has 0 spiro atoms. The van der Waals surface area contributed by atoms with Crippen molar-refractivity contribution in [2.75, 3.05) is 12.1 Å². The van der Waals surface area contributed by atoms with Gasteiger partial charge in [0.1, 0.15) is 0 Å². The monoisotopic (exact) mass is 297 g/mol. The van der Waals surface area contributed by atoms with E-state index in [1.807, 2.05) is 37.3 Å². The lowest BCUT2D eigenvalue weighted by atomic mass is 10.2. The van der Waals surface area contributed by atoms with Crippen molar-refractivity contribution >= 4 is 17.9 Å². The molecule has 2 aromatic rings. The summed E-state index contributed by atoms with van der Waals surface area (Å²) in [6.07, 6.45) is 1.54. The van der Waals surface area contributed by atoms with Crippen molar-refractivity contribution in [3.63, 3.8) is 0 Å². The van der Waals surface area contributed by atoms with Crippen molar-refractivity contribution in [1.82, 2.24) is 5.43 Å². The van der Waals surface area contributed by atoms with Gasteiger partial charge in [-0.3, -0.25) is 0 Å². The average Bonchev–Trinajstić information content (AvgIpc) is 2.97. The Labute approximate surface area is 127 Å². The number of fused-ring (bicyclic) bond motifs is 1. The van der Waals surface area contributed by atoms with E-state index in [2.05, 4.69) is 15.8 Å². The summed E-state index contributed by atoms with van der Waals surface area (Å²) < 4.78 is 10.5. The molecule has 0 saturated heterocycles. The number of nitrogens with one attached hydrogen (secondary N) is 2. The van der Waals surface area contributed by atoms with E-state index >= 15 is 0 Å². The Kier molecular flexibility index (Phi) is 3.91. The summed E-state index contributed by atoms with van der Waals surface area (Å²) in [5.41, 5.74) is 4.96. The molecule has 0 fully saturated rings. The molecule has 1 aliphatic rings. The Hall–Kier alpha value is -3.02. The number of aryl methyl sites for hydroxylation is 1. The van der Waals surface area contributed by atoms with Crippen molar-refractivity contribution in [2.45, 2.75) is 6.92 Å². The van der Waals surface area contributed by atoms with Crippen molar-refractivity contribution in [3.8, 4) is 11.5 Å². The van der Waals surface area contributed by atoms with Gasteiger partial charge in [-0.25, -0.2) is 10.2 Å². The van der Waals surface area contributed by atoms with E-state index in [1.165, 1.54) is 0 Å². The first-order valence-electron chi connectivity index (χ1n) is 6.78. The Morgan fingerprint density at radius 2 is 2.00 bits per heavy atom. The SMILES string of the molecule is Cc1ccccc1NC(=O)NN=Cc1ccc2c(c1)OCO2. The van der Waals surface area contributed by atoms with E-state index in [0.29, 0.717) is 11.5 Å². The third-order valence-corrected chi connectivity index (χ3v) is 3.17. The van der Waals surface area contributed by atoms with Crippen LogP contribution in [0.5, 0.6) is 11.5 Å². The van der Waals surface area contributed by atoms with Gasteiger partial charge in [0.2, 0.25) is 6.79 Å². The van der Waals surface area contributed by atoms with E-state index < -0.39 is 6.03 Å². The third kappa shape index (κ3) is 3.17. The minimum atomic E-state index is -0.397. The molecule has 0 unspecified atom stereocenters. The summed E-state index contributed by atoms with van der Waals surface area (Å²) in [6.45, 7) is 2.15. The maximum absolute atomic E-state index is 11.8. The number of carbonyl (C=O) groups is 1. The van der Waals surface area contributed by atoms with Crippen LogP contribution in [0.15, 0.2) is 47.6 Å². The zero-order chi connectivity index (χ0) is 15.4. The molecule has 22 heavy (non-hydrogen) atoms. The van der Waals surface area contributed by atoms with Crippen LogP contribution in [-0.4, -0.2) is 19.0 Å². The van der Waals surface area contributed by atoms with E-state index in [0.717, 1.165) is 16.8 Å². The number of hydrogen-bond donors (Lipinski definition) is 2. The number of urea groups is 1. The van der Waals surface area contributed by atoms with Crippen LogP contribution in [0.2, 0.25) is 0 Å². The fourth-order valence-electron chi connectivity index (χ4n) is 2.02. The van der Waals surface area contributed by atoms with Crippen molar-refractivity contribution in [1.29, 1.82) is 0 Å². The molecule has 0 atom stereocenters. The van der Waals surface area contributed by atoms with Gasteiger partial charge in [0.25, 0.3) is 0 Å². The molecule has 112 valence electrons. The summed E-state index contributed by atoms with van der Waals surface area (Å²) in [5.74, 6) is 1.38. The number of carbonyl (C=O) groups excluding carboxylic acids is 1. The normalized spacial score (nSPS) is 12.4. The van der Waals surface area contributed by atoms with Crippen molar-refractivity contribution < 1.29 is 14.3 Å². The molecule has 2 N–H and O–H groups in total. The number of anilines is 1. The molecule has 0 bridgehead atoms. The minimum Gasteiger partial charge on any atom is -0.454 e. The molecule has 6 nitrogen and oxygen atoms in total. The largest absolute Gasteiger partial charge is 0.454 e. The van der Waals surface area contributed by atoms with Gasteiger partial charge >= 0.3 is 6.03 Å². The summed E-state index contributed by atoms with van der Waals surface area (Å²) in [5, 5.41) is 6.64. The standard InChI is InChI=1S/C16H15N3O3/c1-11-4-2-3-5-13(11)18-16(20)19-17-9-12-6-7-14-15(8-12)22-10-21-14/h2-9H,10H2,1H3,(H2,18,19,20). The first-order valence-corrected chi connectivity index (χ1v) is 6.78. The van der Waals surface area contributed by atoms with E-state index in [-0.39, 0.29) is 6.79 Å². The predicted molar refractivity (Wildman–Crippen MR) is 83.5 cm³/mol. The molecule has 6 heteroatoms. The van der Waals surface area contributed by atoms with Crippen LogP contribution in [0.1, 0.15) is 11.1 Å². The number of nitrogens with zero attached hydrogens (tertiary/aromatic N) is 1. The maximum atomic E-state index is 11.8. The van der Waals surface area contributed by atoms with E-state index in [4.69, 9.17) is 9.47 Å². The quantitative estimate of drug-likeness (QED) is 0.676. The van der Waals surface area contributed by atoms with Gasteiger partial charge in [-0.05, 0) is 42.3 Å². The van der Waals surface area contributed by atoms with Gasteiger partial charge in [-0.1, -0.05) is 18.2 Å². The zero-order valence-electron chi connectivity index (χ0n) is 12.0. The van der Waals surface area contributed by atoms with Gasteiger partial charge in [0.15, 0.2) is 11.5 Å². The molecule has 0 aromatic heterocycles. The van der Waals surface area contributed by atoms with Gasteiger partial charge < -0.3 is 14.8 Å². The predicted octanol–water partition coefficient (Wildman–Crippen LogP) is 2.88. The highest BCUT2D eigenvalue weighted by Crippen LogP contribution is 2.31. The van der Waals surface area contributed by atoms with Gasteiger partial charge in [0, 0.05) is 5.69 Å². The Morgan fingerprint density at radius 1 is 1.18 bits per heavy atom. The van der Waals surface area contributed by atoms with Crippen LogP contribution >= 0.6 is 0 Å². The molecule has 0 saturated carbocycles. The number of benzene rings is 2. The Morgan fingerprint density at radius 3 is 2.86 bits per heavy atom. The molecular weight excluding hydrogens is 282 g/mol. The third-order valence-electron chi connectivity index (χ3n) is 3.17. The average molecular weight is 297 g/mol. The highest BCUT2D eigenvalue weighted by atomic mass is 16.7. The maximum Gasteiger partial charge on any atom is 0.339 e. The second-order valence-electron chi connectivity index (χ2n) is 4.75. The van der Waals surface area contributed by atoms with Crippen molar-refractivity contribution in [3.05, 3.63) is 53.6 Å². The van der Waals surface area contributed by atoms with Gasteiger partial charge in [-0.2, -0.15) is 5.10 Å². The molecule has 1 heterocycles. The number of amides is 2. The molecule has 2 amide bonds. The number of hydrazone groups is 1. The van der Waals surface area contributed by atoms with E-state index in [9.17, 15) is 4.79 Å². The van der Waals surface area contributed by atoms with Crippen LogP contribution in [-0.2, 0) is 0 Å². The summed E-state index contributed by atoms with van der Waals surface area (Å²) in [7, 11) is 0. The molecule has 0 aliphatic carbocycles. The molecule has 3 rings (SSSR count). The Balaban J connectivity index is 1.58. The Bertz CT molecular complexity index is 728. The summed E-state index contributed by atoms with van der Waals surface area (Å²) in [4.78, 5) is 11.8. The second kappa shape index (κ2) is 6.17.